The summed E-state index contributed by atoms with van der Waals surface area (Å²) in [7, 11) is 0. The van der Waals surface area contributed by atoms with E-state index in [1.54, 1.807) is 0 Å². The molecule has 0 aromatic carbocycles. The van der Waals surface area contributed by atoms with E-state index in [0.717, 1.165) is 57.3 Å². The molecule has 3 fully saturated rings. The molecule has 3 saturated heterocycles. The minimum Gasteiger partial charge on any atom is -0.391 e. The highest BCUT2D eigenvalue weighted by atomic mass is 16.5. The van der Waals surface area contributed by atoms with Crippen molar-refractivity contribution in [3.8, 4) is 0 Å². The number of hydrogen-bond acceptors (Lipinski definition) is 6. The predicted octanol–water partition coefficient (Wildman–Crippen LogP) is 1.20. The Morgan fingerprint density at radius 2 is 2.05 bits per heavy atom. The lowest BCUT2D eigenvalue weighted by Gasteiger charge is -2.38. The van der Waals surface area contributed by atoms with Crippen LogP contribution in [0.3, 0.4) is 0 Å². The third-order valence-electron chi connectivity index (χ3n) is 5.26. The van der Waals surface area contributed by atoms with Crippen molar-refractivity contribution in [3.05, 3.63) is 12.3 Å². The van der Waals surface area contributed by atoms with Gasteiger partial charge in [0.1, 0.15) is 5.82 Å². The fourth-order valence-electron chi connectivity index (χ4n) is 3.88. The van der Waals surface area contributed by atoms with Crippen LogP contribution in [-0.2, 0) is 4.74 Å². The molecule has 0 unspecified atom stereocenters. The summed E-state index contributed by atoms with van der Waals surface area (Å²) in [6.07, 6.45) is 6.97. The highest BCUT2D eigenvalue weighted by molar-refractivity contribution is 5.45. The average molecular weight is 304 g/mol. The number of rotatable bonds is 2. The molecule has 1 atom stereocenters. The van der Waals surface area contributed by atoms with Gasteiger partial charge in [-0.2, -0.15) is 4.98 Å². The van der Waals surface area contributed by atoms with Gasteiger partial charge in [0, 0.05) is 39.0 Å². The second-order valence-corrected chi connectivity index (χ2v) is 6.73. The molecule has 3 aliphatic heterocycles. The number of hydrogen-bond donors (Lipinski definition) is 1. The lowest BCUT2D eigenvalue weighted by atomic mass is 9.89. The maximum absolute atomic E-state index is 9.69. The van der Waals surface area contributed by atoms with Gasteiger partial charge in [-0.25, -0.2) is 4.98 Å². The van der Waals surface area contributed by atoms with Gasteiger partial charge >= 0.3 is 0 Å². The van der Waals surface area contributed by atoms with Gasteiger partial charge in [-0.1, -0.05) is 0 Å². The first-order valence-corrected chi connectivity index (χ1v) is 8.39. The molecule has 4 rings (SSSR count). The van der Waals surface area contributed by atoms with Gasteiger partial charge in [-0.15, -0.1) is 0 Å². The van der Waals surface area contributed by atoms with Gasteiger partial charge in [-0.3, -0.25) is 0 Å². The van der Waals surface area contributed by atoms with E-state index in [1.165, 1.54) is 12.8 Å². The Morgan fingerprint density at radius 1 is 1.18 bits per heavy atom. The number of piperidine rings is 1. The van der Waals surface area contributed by atoms with Crippen LogP contribution < -0.4 is 9.80 Å². The fraction of sp³-hybridized carbons (Fsp3) is 0.750. The summed E-state index contributed by atoms with van der Waals surface area (Å²) >= 11 is 0. The van der Waals surface area contributed by atoms with Gasteiger partial charge in [-0.05, 0) is 38.2 Å². The summed E-state index contributed by atoms with van der Waals surface area (Å²) in [5.74, 6) is 1.74. The zero-order valence-corrected chi connectivity index (χ0v) is 12.9. The number of aromatic nitrogens is 2. The second kappa shape index (κ2) is 5.66. The van der Waals surface area contributed by atoms with Crippen LogP contribution in [0.1, 0.15) is 32.1 Å². The molecule has 1 aromatic heterocycles. The summed E-state index contributed by atoms with van der Waals surface area (Å²) in [4.78, 5) is 13.6. The summed E-state index contributed by atoms with van der Waals surface area (Å²) in [6.45, 7) is 4.39. The largest absolute Gasteiger partial charge is 0.391 e. The molecular formula is C16H24N4O2. The van der Waals surface area contributed by atoms with Gasteiger partial charge in [0.05, 0.1) is 11.7 Å². The normalized spacial score (nSPS) is 27.8. The van der Waals surface area contributed by atoms with Crippen LogP contribution in [0.5, 0.6) is 0 Å². The van der Waals surface area contributed by atoms with Crippen molar-refractivity contribution < 1.29 is 9.84 Å². The first-order valence-electron chi connectivity index (χ1n) is 8.39. The standard InChI is InChI=1S/C16H24N4O2/c21-13-3-8-20(12-13)14-2-7-17-15(18-14)19-9-5-16(6-10-19)4-1-11-22-16/h2,7,13,21H,1,3-6,8-12H2/t13-/m0/s1. The van der Waals surface area contributed by atoms with Gasteiger partial charge in [0.2, 0.25) is 5.95 Å². The predicted molar refractivity (Wildman–Crippen MR) is 84.2 cm³/mol. The van der Waals surface area contributed by atoms with Crippen molar-refractivity contribution in [2.45, 2.75) is 43.8 Å². The van der Waals surface area contributed by atoms with Crippen LogP contribution in [0, 0.1) is 0 Å². The maximum Gasteiger partial charge on any atom is 0.227 e. The summed E-state index contributed by atoms with van der Waals surface area (Å²) < 4.78 is 5.98. The maximum atomic E-state index is 9.69. The molecule has 4 heterocycles. The van der Waals surface area contributed by atoms with Crippen LogP contribution >= 0.6 is 0 Å². The van der Waals surface area contributed by atoms with E-state index in [-0.39, 0.29) is 11.7 Å². The van der Waals surface area contributed by atoms with Crippen LogP contribution in [0.15, 0.2) is 12.3 Å². The second-order valence-electron chi connectivity index (χ2n) is 6.73. The monoisotopic (exact) mass is 304 g/mol. The summed E-state index contributed by atoms with van der Waals surface area (Å²) in [5, 5.41) is 9.69. The van der Waals surface area contributed by atoms with Crippen molar-refractivity contribution in [3.63, 3.8) is 0 Å². The molecule has 6 nitrogen and oxygen atoms in total. The molecule has 0 bridgehead atoms. The van der Waals surface area contributed by atoms with E-state index in [2.05, 4.69) is 14.8 Å². The summed E-state index contributed by atoms with van der Waals surface area (Å²) in [6, 6.07) is 1.94. The first-order chi connectivity index (χ1) is 10.7. The lowest BCUT2D eigenvalue weighted by molar-refractivity contribution is -0.0147. The Hall–Kier alpha value is -1.40. The lowest BCUT2D eigenvalue weighted by Crippen LogP contribution is -2.44. The minimum atomic E-state index is -0.229. The van der Waals surface area contributed by atoms with Gasteiger partial charge in [0.25, 0.3) is 0 Å². The molecule has 1 N–H and O–H groups in total. The van der Waals surface area contributed by atoms with Crippen molar-refractivity contribution in [1.82, 2.24) is 9.97 Å². The van der Waals surface area contributed by atoms with Crippen LogP contribution in [-0.4, -0.2) is 59.6 Å². The van der Waals surface area contributed by atoms with E-state index in [1.807, 2.05) is 12.3 Å². The topological polar surface area (TPSA) is 61.7 Å². The molecule has 3 aliphatic rings. The van der Waals surface area contributed by atoms with Crippen molar-refractivity contribution in [2.24, 2.45) is 0 Å². The number of aliphatic hydroxyl groups is 1. The van der Waals surface area contributed by atoms with Crippen LogP contribution in [0.25, 0.3) is 0 Å². The summed E-state index contributed by atoms with van der Waals surface area (Å²) in [5.41, 5.74) is 0.132. The number of β-amino-alcohol motifs (C(OH)–C–C–N with tert-alkyl or cyclic N) is 1. The fourth-order valence-corrected chi connectivity index (χ4v) is 3.88. The Balaban J connectivity index is 1.45. The molecule has 120 valence electrons. The smallest absolute Gasteiger partial charge is 0.227 e. The highest BCUT2D eigenvalue weighted by Crippen LogP contribution is 2.36. The molecule has 0 aliphatic carbocycles. The molecule has 1 spiro atoms. The Bertz CT molecular complexity index is 523. The van der Waals surface area contributed by atoms with E-state index in [9.17, 15) is 5.11 Å². The quantitative estimate of drug-likeness (QED) is 0.886. The molecule has 0 radical (unpaired) electrons. The van der Waals surface area contributed by atoms with E-state index in [4.69, 9.17) is 9.72 Å². The Labute approximate surface area is 131 Å². The average Bonchev–Trinajstić information content (AvgIpc) is 3.18. The van der Waals surface area contributed by atoms with Crippen molar-refractivity contribution >= 4 is 11.8 Å². The number of ether oxygens (including phenoxy) is 1. The van der Waals surface area contributed by atoms with Gasteiger partial charge < -0.3 is 19.6 Å². The zero-order chi connectivity index (χ0) is 15.0. The third-order valence-corrected chi connectivity index (χ3v) is 5.26. The van der Waals surface area contributed by atoms with E-state index < -0.39 is 0 Å². The molecule has 22 heavy (non-hydrogen) atoms. The van der Waals surface area contributed by atoms with E-state index in [0.29, 0.717) is 6.54 Å². The van der Waals surface area contributed by atoms with Crippen molar-refractivity contribution in [2.75, 3.05) is 42.6 Å². The Kier molecular flexibility index (Phi) is 3.66. The minimum absolute atomic E-state index is 0.132. The van der Waals surface area contributed by atoms with Gasteiger partial charge in [0.15, 0.2) is 0 Å². The van der Waals surface area contributed by atoms with Crippen molar-refractivity contribution in [1.29, 1.82) is 0 Å². The van der Waals surface area contributed by atoms with E-state index >= 15 is 0 Å². The van der Waals surface area contributed by atoms with Crippen LogP contribution in [0.4, 0.5) is 11.8 Å². The molecular weight excluding hydrogens is 280 g/mol. The number of nitrogens with zero attached hydrogens (tertiary/aromatic N) is 4. The zero-order valence-electron chi connectivity index (χ0n) is 12.9. The van der Waals surface area contributed by atoms with Crippen LogP contribution in [0.2, 0.25) is 0 Å². The highest BCUT2D eigenvalue weighted by Gasteiger charge is 2.38. The Morgan fingerprint density at radius 3 is 2.73 bits per heavy atom. The first kappa shape index (κ1) is 14.2. The number of anilines is 2. The SMILES string of the molecule is O[C@H]1CCN(c2ccnc(N3CCC4(CCCO4)CC3)n2)C1. The molecule has 1 aromatic rings. The third kappa shape index (κ3) is 2.65. The number of aliphatic hydroxyl groups excluding tert-OH is 1. The molecule has 6 heteroatoms. The molecule has 0 amide bonds. The molecule has 0 saturated carbocycles.